The van der Waals surface area contributed by atoms with E-state index in [1.165, 1.54) is 19.3 Å². The van der Waals surface area contributed by atoms with Crippen LogP contribution in [-0.4, -0.2) is 17.4 Å². The van der Waals surface area contributed by atoms with E-state index < -0.39 is 0 Å². The van der Waals surface area contributed by atoms with Gasteiger partial charge in [-0.05, 0) is 75.3 Å². The number of hydrogen-bond donors (Lipinski definition) is 0. The predicted molar refractivity (Wildman–Crippen MR) is 80.1 cm³/mol. The van der Waals surface area contributed by atoms with E-state index in [2.05, 4.69) is 4.98 Å². The molecule has 3 heteroatoms. The Morgan fingerprint density at radius 2 is 1.81 bits per heavy atom. The predicted octanol–water partition coefficient (Wildman–Crippen LogP) is 3.55. The number of ketones is 1. The Bertz CT molecular complexity index is 514. The fraction of sp³-hybridized carbons (Fsp3) is 0.667. The number of aromatic nitrogens is 1. The number of pyridine rings is 1. The molecule has 4 aliphatic rings. The molecule has 0 amide bonds. The molecule has 4 bridgehead atoms. The van der Waals surface area contributed by atoms with Gasteiger partial charge in [-0.3, -0.25) is 9.78 Å². The fourth-order valence-electron chi connectivity index (χ4n) is 5.29. The smallest absolute Gasteiger partial charge is 0.176 e. The van der Waals surface area contributed by atoms with Gasteiger partial charge in [0.2, 0.25) is 0 Å². The van der Waals surface area contributed by atoms with Gasteiger partial charge in [0.25, 0.3) is 0 Å². The van der Waals surface area contributed by atoms with Crippen LogP contribution < -0.4 is 4.74 Å². The van der Waals surface area contributed by atoms with Crippen LogP contribution >= 0.6 is 0 Å². The molecule has 1 heterocycles. The first-order valence-electron chi connectivity index (χ1n) is 8.22. The van der Waals surface area contributed by atoms with Gasteiger partial charge in [0.05, 0.1) is 6.20 Å². The van der Waals surface area contributed by atoms with Crippen LogP contribution in [0.4, 0.5) is 0 Å². The molecule has 0 atom stereocenters. The molecule has 1 aromatic rings. The summed E-state index contributed by atoms with van der Waals surface area (Å²) < 4.78 is 5.70. The van der Waals surface area contributed by atoms with Gasteiger partial charge in [0.1, 0.15) is 12.4 Å². The molecule has 3 nitrogen and oxygen atoms in total. The van der Waals surface area contributed by atoms with Crippen molar-refractivity contribution in [2.75, 3.05) is 6.61 Å². The third kappa shape index (κ3) is 2.37. The Morgan fingerprint density at radius 1 is 1.19 bits per heavy atom. The minimum absolute atomic E-state index is 0.0487. The SMILES string of the molecule is Cc1ccc(OCC(=O)C23CC4CC(CC(C4)C2)C3)cn1. The van der Waals surface area contributed by atoms with E-state index in [-0.39, 0.29) is 12.0 Å². The summed E-state index contributed by atoms with van der Waals surface area (Å²) in [6, 6.07) is 3.82. The van der Waals surface area contributed by atoms with E-state index >= 15 is 0 Å². The number of nitrogens with zero attached hydrogens (tertiary/aromatic N) is 1. The van der Waals surface area contributed by atoms with E-state index in [1.807, 2.05) is 19.1 Å². The monoisotopic (exact) mass is 285 g/mol. The molecule has 0 aliphatic heterocycles. The van der Waals surface area contributed by atoms with Crippen molar-refractivity contribution >= 4 is 5.78 Å². The van der Waals surface area contributed by atoms with Crippen molar-refractivity contribution in [2.45, 2.75) is 45.4 Å². The van der Waals surface area contributed by atoms with E-state index in [0.29, 0.717) is 11.5 Å². The number of rotatable bonds is 4. The molecule has 0 aromatic carbocycles. The van der Waals surface area contributed by atoms with Gasteiger partial charge in [-0.1, -0.05) is 0 Å². The van der Waals surface area contributed by atoms with Crippen molar-refractivity contribution in [2.24, 2.45) is 23.2 Å². The lowest BCUT2D eigenvalue weighted by Crippen LogP contribution is -2.51. The van der Waals surface area contributed by atoms with E-state index in [0.717, 1.165) is 42.7 Å². The van der Waals surface area contributed by atoms with Crippen molar-refractivity contribution in [1.82, 2.24) is 4.98 Å². The normalized spacial score (nSPS) is 36.7. The summed E-state index contributed by atoms with van der Waals surface area (Å²) in [6.45, 7) is 2.17. The highest BCUT2D eigenvalue weighted by atomic mass is 16.5. The van der Waals surface area contributed by atoms with Crippen molar-refractivity contribution in [3.05, 3.63) is 24.0 Å². The summed E-state index contributed by atoms with van der Waals surface area (Å²) >= 11 is 0. The van der Waals surface area contributed by atoms with Gasteiger partial charge in [-0.2, -0.15) is 0 Å². The molecule has 0 N–H and O–H groups in total. The minimum atomic E-state index is -0.0487. The van der Waals surface area contributed by atoms with Gasteiger partial charge < -0.3 is 4.74 Å². The van der Waals surface area contributed by atoms with Crippen molar-refractivity contribution in [1.29, 1.82) is 0 Å². The first kappa shape index (κ1) is 13.3. The maximum atomic E-state index is 12.8. The second kappa shape index (κ2) is 4.82. The average molecular weight is 285 g/mol. The lowest BCUT2D eigenvalue weighted by molar-refractivity contribution is -0.145. The minimum Gasteiger partial charge on any atom is -0.484 e. The zero-order valence-corrected chi connectivity index (χ0v) is 12.7. The maximum absolute atomic E-state index is 12.8. The number of carbonyl (C=O) groups is 1. The second-order valence-corrected chi connectivity index (χ2v) is 7.55. The van der Waals surface area contributed by atoms with Crippen molar-refractivity contribution in [3.63, 3.8) is 0 Å². The van der Waals surface area contributed by atoms with Crippen LogP contribution in [0.1, 0.15) is 44.2 Å². The molecular weight excluding hydrogens is 262 g/mol. The zero-order chi connectivity index (χ0) is 14.4. The Morgan fingerprint density at radius 3 is 2.33 bits per heavy atom. The highest BCUT2D eigenvalue weighted by molar-refractivity contribution is 5.86. The lowest BCUT2D eigenvalue weighted by Gasteiger charge is -2.55. The average Bonchev–Trinajstić information content (AvgIpc) is 2.45. The molecule has 0 radical (unpaired) electrons. The number of hydrogen-bond acceptors (Lipinski definition) is 3. The van der Waals surface area contributed by atoms with Crippen LogP contribution in [0.2, 0.25) is 0 Å². The van der Waals surface area contributed by atoms with Gasteiger partial charge in [-0.15, -0.1) is 0 Å². The second-order valence-electron chi connectivity index (χ2n) is 7.55. The summed E-state index contributed by atoms with van der Waals surface area (Å²) in [4.78, 5) is 17.0. The molecule has 4 aliphatic carbocycles. The molecule has 1 aromatic heterocycles. The quantitative estimate of drug-likeness (QED) is 0.849. The van der Waals surface area contributed by atoms with Gasteiger partial charge >= 0.3 is 0 Å². The molecule has 5 rings (SSSR count). The van der Waals surface area contributed by atoms with Crippen LogP contribution in [0.5, 0.6) is 5.75 Å². The van der Waals surface area contributed by atoms with Crippen LogP contribution in [0.25, 0.3) is 0 Å². The third-order valence-electron chi connectivity index (χ3n) is 5.88. The van der Waals surface area contributed by atoms with E-state index in [9.17, 15) is 4.79 Å². The Hall–Kier alpha value is -1.38. The first-order valence-corrected chi connectivity index (χ1v) is 8.22. The highest BCUT2D eigenvalue weighted by Gasteiger charge is 2.54. The standard InChI is InChI=1S/C18H23NO2/c1-12-2-3-16(10-19-12)21-11-17(20)18-7-13-4-14(8-18)6-15(5-13)9-18/h2-3,10,13-15H,4-9,11H2,1H3. The number of aryl methyl sites for hydroxylation is 1. The summed E-state index contributed by atoms with van der Waals surface area (Å²) in [5, 5.41) is 0. The molecular formula is C18H23NO2. The topological polar surface area (TPSA) is 39.2 Å². The number of ether oxygens (including phenoxy) is 1. The molecule has 4 saturated carbocycles. The zero-order valence-electron chi connectivity index (χ0n) is 12.7. The van der Waals surface area contributed by atoms with E-state index in [4.69, 9.17) is 4.74 Å². The Balaban J connectivity index is 1.44. The van der Waals surface area contributed by atoms with Crippen LogP contribution in [0.15, 0.2) is 18.3 Å². The van der Waals surface area contributed by atoms with Crippen molar-refractivity contribution in [3.8, 4) is 5.75 Å². The highest BCUT2D eigenvalue weighted by Crippen LogP contribution is 2.60. The summed E-state index contributed by atoms with van der Waals surface area (Å²) in [6.07, 6.45) is 9.18. The molecule has 0 unspecified atom stereocenters. The number of carbonyl (C=O) groups excluding carboxylic acids is 1. The van der Waals surface area contributed by atoms with Crippen LogP contribution in [0.3, 0.4) is 0 Å². The van der Waals surface area contributed by atoms with Crippen LogP contribution in [-0.2, 0) is 4.79 Å². The maximum Gasteiger partial charge on any atom is 0.176 e. The Kier molecular flexibility index (Phi) is 3.05. The van der Waals surface area contributed by atoms with Crippen LogP contribution in [0, 0.1) is 30.1 Å². The van der Waals surface area contributed by atoms with Gasteiger partial charge in [0, 0.05) is 11.1 Å². The molecule has 112 valence electrons. The molecule has 0 saturated heterocycles. The molecule has 0 spiro atoms. The third-order valence-corrected chi connectivity index (χ3v) is 5.88. The lowest BCUT2D eigenvalue weighted by atomic mass is 9.48. The number of Topliss-reactive ketones (excluding diaryl/α,β-unsaturated/α-hetero) is 1. The molecule has 4 fully saturated rings. The largest absolute Gasteiger partial charge is 0.484 e. The first-order chi connectivity index (χ1) is 10.1. The van der Waals surface area contributed by atoms with E-state index in [1.54, 1.807) is 6.20 Å². The van der Waals surface area contributed by atoms with Crippen molar-refractivity contribution < 1.29 is 9.53 Å². The summed E-state index contributed by atoms with van der Waals surface area (Å²) in [5.41, 5.74) is 0.919. The van der Waals surface area contributed by atoms with Gasteiger partial charge in [0.15, 0.2) is 5.78 Å². The summed E-state index contributed by atoms with van der Waals surface area (Å²) in [5.74, 6) is 3.46. The molecule has 21 heavy (non-hydrogen) atoms. The Labute approximate surface area is 126 Å². The fourth-order valence-corrected chi connectivity index (χ4v) is 5.29. The van der Waals surface area contributed by atoms with Gasteiger partial charge in [-0.25, -0.2) is 0 Å². The summed E-state index contributed by atoms with van der Waals surface area (Å²) in [7, 11) is 0.